The van der Waals surface area contributed by atoms with E-state index in [4.69, 9.17) is 5.73 Å². The summed E-state index contributed by atoms with van der Waals surface area (Å²) in [5.74, 6) is 0.682. The van der Waals surface area contributed by atoms with E-state index in [1.165, 1.54) is 6.07 Å². The van der Waals surface area contributed by atoms with E-state index >= 15 is 0 Å². The molecule has 0 unspecified atom stereocenters. The average molecular weight is 274 g/mol. The molecule has 2 heterocycles. The molecule has 4 nitrogen and oxygen atoms in total. The molecule has 2 aromatic rings. The van der Waals surface area contributed by atoms with E-state index in [-0.39, 0.29) is 11.9 Å². The van der Waals surface area contributed by atoms with Crippen molar-refractivity contribution in [3.8, 4) is 11.3 Å². The van der Waals surface area contributed by atoms with Crippen LogP contribution in [0.3, 0.4) is 0 Å². The molecule has 1 aliphatic rings. The summed E-state index contributed by atoms with van der Waals surface area (Å²) in [6.45, 7) is 3.79. The average Bonchev–Trinajstić information content (AvgIpc) is 2.82. The Labute approximate surface area is 117 Å². The van der Waals surface area contributed by atoms with E-state index in [2.05, 4.69) is 15.1 Å². The Bertz CT molecular complexity index is 600. The molecule has 1 aromatic carbocycles. The first-order valence-electron chi connectivity index (χ1n) is 6.97. The van der Waals surface area contributed by atoms with Crippen LogP contribution in [0.4, 0.5) is 10.2 Å². The number of nitrogens with two attached hydrogens (primary N) is 1. The van der Waals surface area contributed by atoms with Crippen LogP contribution < -0.4 is 10.6 Å². The van der Waals surface area contributed by atoms with E-state index in [0.29, 0.717) is 5.56 Å². The fraction of sp³-hybridized carbons (Fsp3) is 0.400. The molecule has 106 valence electrons. The lowest BCUT2D eigenvalue weighted by Crippen LogP contribution is -2.40. The molecule has 0 spiro atoms. The fourth-order valence-electron chi connectivity index (χ4n) is 2.73. The van der Waals surface area contributed by atoms with Gasteiger partial charge in [-0.05, 0) is 31.9 Å². The third-order valence-corrected chi connectivity index (χ3v) is 3.97. The van der Waals surface area contributed by atoms with Crippen molar-refractivity contribution in [1.29, 1.82) is 0 Å². The number of rotatable bonds is 2. The van der Waals surface area contributed by atoms with Gasteiger partial charge in [0.1, 0.15) is 5.82 Å². The Morgan fingerprint density at radius 3 is 2.70 bits per heavy atom. The Balaban J connectivity index is 1.91. The van der Waals surface area contributed by atoms with Crippen molar-refractivity contribution in [3.05, 3.63) is 35.6 Å². The minimum atomic E-state index is -0.230. The predicted molar refractivity (Wildman–Crippen MR) is 78.1 cm³/mol. The van der Waals surface area contributed by atoms with Crippen molar-refractivity contribution in [2.45, 2.75) is 25.8 Å². The van der Waals surface area contributed by atoms with Gasteiger partial charge in [0.15, 0.2) is 5.82 Å². The summed E-state index contributed by atoms with van der Waals surface area (Å²) in [6, 6.07) is 7.05. The number of benzene rings is 1. The maximum atomic E-state index is 13.9. The van der Waals surface area contributed by atoms with E-state index < -0.39 is 0 Å². The lowest BCUT2D eigenvalue weighted by atomic mass is 10.0. The van der Waals surface area contributed by atoms with Gasteiger partial charge >= 0.3 is 0 Å². The number of halogens is 1. The van der Waals surface area contributed by atoms with Crippen LogP contribution in [-0.4, -0.2) is 29.3 Å². The molecule has 5 heteroatoms. The van der Waals surface area contributed by atoms with Crippen LogP contribution >= 0.6 is 0 Å². The van der Waals surface area contributed by atoms with Crippen molar-refractivity contribution in [1.82, 2.24) is 10.2 Å². The van der Waals surface area contributed by atoms with Crippen LogP contribution in [-0.2, 0) is 0 Å². The number of hydrogen-bond acceptors (Lipinski definition) is 3. The highest BCUT2D eigenvalue weighted by atomic mass is 19.1. The first-order chi connectivity index (χ1) is 9.66. The summed E-state index contributed by atoms with van der Waals surface area (Å²) >= 11 is 0. The van der Waals surface area contributed by atoms with Crippen LogP contribution in [0.25, 0.3) is 11.3 Å². The molecule has 3 rings (SSSR count). The van der Waals surface area contributed by atoms with Crippen LogP contribution in [0.1, 0.15) is 18.4 Å². The van der Waals surface area contributed by atoms with Gasteiger partial charge in [0, 0.05) is 30.3 Å². The number of nitrogens with zero attached hydrogens (tertiary/aromatic N) is 2. The molecule has 0 aliphatic carbocycles. The topological polar surface area (TPSA) is 57.9 Å². The van der Waals surface area contributed by atoms with Gasteiger partial charge in [-0.3, -0.25) is 5.10 Å². The normalized spacial score (nSPS) is 16.6. The number of hydrogen-bond donors (Lipinski definition) is 2. The number of nitrogens with one attached hydrogen (secondary N) is 1. The first-order valence-corrected chi connectivity index (χ1v) is 6.97. The second kappa shape index (κ2) is 5.25. The summed E-state index contributed by atoms with van der Waals surface area (Å²) < 4.78 is 13.9. The van der Waals surface area contributed by atoms with Crippen LogP contribution in [0, 0.1) is 12.7 Å². The quantitative estimate of drug-likeness (QED) is 0.884. The molecule has 3 N–H and O–H groups in total. The molecule has 20 heavy (non-hydrogen) atoms. The maximum Gasteiger partial charge on any atom is 0.153 e. The first kappa shape index (κ1) is 13.1. The highest BCUT2D eigenvalue weighted by molar-refractivity contribution is 5.69. The highest BCUT2D eigenvalue weighted by Crippen LogP contribution is 2.30. The molecule has 0 bridgehead atoms. The Hall–Kier alpha value is -1.88. The van der Waals surface area contributed by atoms with E-state index in [0.717, 1.165) is 43.0 Å². The van der Waals surface area contributed by atoms with Gasteiger partial charge in [0.2, 0.25) is 0 Å². The zero-order valence-corrected chi connectivity index (χ0v) is 11.6. The standard InChI is InChI=1S/C15H19FN4/c1-10-14(12-4-2-3-5-13(12)16)18-19-15(10)20-8-6-11(17)7-9-20/h2-5,11H,6-9,17H2,1H3,(H,18,19). The van der Waals surface area contributed by atoms with Crippen molar-refractivity contribution in [2.24, 2.45) is 5.73 Å². The summed E-state index contributed by atoms with van der Waals surface area (Å²) in [4.78, 5) is 2.22. The largest absolute Gasteiger partial charge is 0.355 e. The second-order valence-electron chi connectivity index (χ2n) is 5.35. The zero-order chi connectivity index (χ0) is 14.1. The lowest BCUT2D eigenvalue weighted by molar-refractivity contribution is 0.498. The molecule has 0 saturated carbocycles. The molecular weight excluding hydrogens is 255 g/mol. The molecule has 0 radical (unpaired) electrons. The maximum absolute atomic E-state index is 13.9. The van der Waals surface area contributed by atoms with Gasteiger partial charge in [-0.1, -0.05) is 12.1 Å². The minimum Gasteiger partial charge on any atom is -0.355 e. The molecular formula is C15H19FN4. The molecule has 0 amide bonds. The minimum absolute atomic E-state index is 0.230. The highest BCUT2D eigenvalue weighted by Gasteiger charge is 2.22. The van der Waals surface area contributed by atoms with E-state index in [9.17, 15) is 4.39 Å². The van der Waals surface area contributed by atoms with Gasteiger partial charge in [-0.2, -0.15) is 5.10 Å². The molecule has 1 fully saturated rings. The zero-order valence-electron chi connectivity index (χ0n) is 11.6. The van der Waals surface area contributed by atoms with Crippen LogP contribution in [0.2, 0.25) is 0 Å². The summed E-state index contributed by atoms with van der Waals surface area (Å²) in [5, 5.41) is 7.35. The summed E-state index contributed by atoms with van der Waals surface area (Å²) in [6.07, 6.45) is 1.95. The molecule has 0 atom stereocenters. The van der Waals surface area contributed by atoms with Gasteiger partial charge < -0.3 is 10.6 Å². The number of H-pyrrole nitrogens is 1. The Kier molecular flexibility index (Phi) is 3.44. The molecule has 1 saturated heterocycles. The predicted octanol–water partition coefficient (Wildman–Crippen LogP) is 2.45. The number of aromatic nitrogens is 2. The molecule has 1 aromatic heterocycles. The van der Waals surface area contributed by atoms with Crippen molar-refractivity contribution in [3.63, 3.8) is 0 Å². The Morgan fingerprint density at radius 1 is 1.30 bits per heavy atom. The fourth-order valence-corrected chi connectivity index (χ4v) is 2.73. The van der Waals surface area contributed by atoms with Gasteiger partial charge in [0.25, 0.3) is 0 Å². The van der Waals surface area contributed by atoms with Crippen LogP contribution in [0.5, 0.6) is 0 Å². The van der Waals surface area contributed by atoms with E-state index in [1.807, 2.05) is 13.0 Å². The van der Waals surface area contributed by atoms with E-state index in [1.54, 1.807) is 12.1 Å². The summed E-state index contributed by atoms with van der Waals surface area (Å²) in [5.41, 5.74) is 8.24. The van der Waals surface area contributed by atoms with Gasteiger partial charge in [-0.15, -0.1) is 0 Å². The van der Waals surface area contributed by atoms with Crippen LogP contribution in [0.15, 0.2) is 24.3 Å². The smallest absolute Gasteiger partial charge is 0.153 e. The number of aromatic amines is 1. The SMILES string of the molecule is Cc1c(N2CCC(N)CC2)n[nH]c1-c1ccccc1F. The van der Waals surface area contributed by atoms with Crippen molar-refractivity contribution < 1.29 is 4.39 Å². The van der Waals surface area contributed by atoms with Gasteiger partial charge in [0.05, 0.1) is 5.69 Å². The third-order valence-electron chi connectivity index (χ3n) is 3.97. The third kappa shape index (κ3) is 2.29. The second-order valence-corrected chi connectivity index (χ2v) is 5.35. The van der Waals surface area contributed by atoms with Crippen molar-refractivity contribution in [2.75, 3.05) is 18.0 Å². The molecule has 1 aliphatic heterocycles. The van der Waals surface area contributed by atoms with Crippen molar-refractivity contribution >= 4 is 5.82 Å². The van der Waals surface area contributed by atoms with Gasteiger partial charge in [-0.25, -0.2) is 4.39 Å². The summed E-state index contributed by atoms with van der Waals surface area (Å²) in [7, 11) is 0. The lowest BCUT2D eigenvalue weighted by Gasteiger charge is -2.30. The number of anilines is 1. The number of piperidine rings is 1. The monoisotopic (exact) mass is 274 g/mol. The Morgan fingerprint density at radius 2 is 2.00 bits per heavy atom.